The topological polar surface area (TPSA) is 41.1 Å². The molecule has 1 heterocycles. The van der Waals surface area contributed by atoms with E-state index in [0.717, 1.165) is 16.6 Å². The Labute approximate surface area is 139 Å². The molecule has 1 aliphatic heterocycles. The fourth-order valence-corrected chi connectivity index (χ4v) is 4.45. The number of carbonyl (C=O) groups excluding carboxylic acids is 1. The van der Waals surface area contributed by atoms with Gasteiger partial charge in [-0.3, -0.25) is 0 Å². The number of hydrogen-bond acceptors (Lipinski definition) is 1. The van der Waals surface area contributed by atoms with Crippen LogP contribution in [0.15, 0.2) is 30.3 Å². The van der Waals surface area contributed by atoms with E-state index >= 15 is 0 Å². The largest absolute Gasteiger partial charge is 0.329 e. The van der Waals surface area contributed by atoms with Gasteiger partial charge >= 0.3 is 6.03 Å². The van der Waals surface area contributed by atoms with Gasteiger partial charge in [-0.05, 0) is 44.2 Å². The van der Waals surface area contributed by atoms with Gasteiger partial charge in [0.15, 0.2) is 0 Å². The normalized spacial score (nSPS) is 27.2. The predicted octanol–water partition coefficient (Wildman–Crippen LogP) is 3.75. The number of para-hydroxylation sites is 1. The van der Waals surface area contributed by atoms with Crippen LogP contribution in [0.3, 0.4) is 0 Å². The number of piperidine rings is 1. The summed E-state index contributed by atoms with van der Waals surface area (Å²) in [5.41, 5.74) is 0.857. The number of rotatable bonds is 3. The lowest BCUT2D eigenvalue weighted by Gasteiger charge is -2.48. The summed E-state index contributed by atoms with van der Waals surface area (Å²) in [5, 5.41) is 6.24. The van der Waals surface area contributed by atoms with E-state index in [1.54, 1.807) is 0 Å². The Bertz CT molecular complexity index is 511. The first-order valence-electron chi connectivity index (χ1n) is 9.14. The molecule has 0 bridgehead atoms. The van der Waals surface area contributed by atoms with Crippen molar-refractivity contribution in [2.75, 3.05) is 25.5 Å². The molecule has 1 saturated carbocycles. The molecule has 3 rings (SSSR count). The molecule has 1 saturated heterocycles. The first-order valence-corrected chi connectivity index (χ1v) is 9.14. The Kier molecular flexibility index (Phi) is 5.21. The highest BCUT2D eigenvalue weighted by atomic mass is 16.2. The van der Waals surface area contributed by atoms with Crippen LogP contribution in [-0.4, -0.2) is 42.7 Å². The van der Waals surface area contributed by atoms with Crippen molar-refractivity contribution < 1.29 is 9.28 Å². The fraction of sp³-hybridized carbons (Fsp3) is 0.632. The molecule has 126 valence electrons. The third-order valence-corrected chi connectivity index (χ3v) is 5.72. The first kappa shape index (κ1) is 16.3. The third-order valence-electron chi connectivity index (χ3n) is 5.72. The van der Waals surface area contributed by atoms with E-state index in [-0.39, 0.29) is 6.03 Å². The van der Waals surface area contributed by atoms with Gasteiger partial charge in [-0.2, -0.15) is 0 Å². The third kappa shape index (κ3) is 4.05. The zero-order valence-electron chi connectivity index (χ0n) is 14.3. The van der Waals surface area contributed by atoms with Gasteiger partial charge in [0.1, 0.15) is 6.04 Å². The standard InChI is InChI=1S/C19H29N3O/c1-22(14-8-3-9-15-22)18-13-7-6-12-17(18)21-19(23)20-16-10-4-2-5-11-16/h2,4-5,10-11,17-18H,3,6-9,12-15H2,1H3,(H-,20,21,23)/p+1/t17-,18-/m1/s1. The van der Waals surface area contributed by atoms with E-state index in [1.807, 2.05) is 30.3 Å². The summed E-state index contributed by atoms with van der Waals surface area (Å²) in [4.78, 5) is 12.4. The van der Waals surface area contributed by atoms with E-state index < -0.39 is 0 Å². The Hall–Kier alpha value is -1.55. The van der Waals surface area contributed by atoms with Crippen LogP contribution in [0.1, 0.15) is 44.9 Å². The summed E-state index contributed by atoms with van der Waals surface area (Å²) in [5.74, 6) is 0. The van der Waals surface area contributed by atoms with Gasteiger partial charge in [-0.15, -0.1) is 0 Å². The minimum Gasteiger partial charge on any atom is -0.329 e. The summed E-state index contributed by atoms with van der Waals surface area (Å²) >= 11 is 0. The van der Waals surface area contributed by atoms with Gasteiger partial charge in [0, 0.05) is 12.1 Å². The van der Waals surface area contributed by atoms with Crippen molar-refractivity contribution in [1.82, 2.24) is 5.32 Å². The van der Waals surface area contributed by atoms with Gasteiger partial charge < -0.3 is 15.1 Å². The van der Waals surface area contributed by atoms with E-state index in [4.69, 9.17) is 0 Å². The number of amides is 2. The average Bonchev–Trinajstić information content (AvgIpc) is 2.57. The maximum Gasteiger partial charge on any atom is 0.319 e. The van der Waals surface area contributed by atoms with Crippen molar-refractivity contribution in [3.8, 4) is 0 Å². The minimum atomic E-state index is -0.0586. The number of likely N-dealkylation sites (N-methyl/N-ethyl adjacent to an activating group) is 1. The van der Waals surface area contributed by atoms with Crippen LogP contribution in [0, 0.1) is 0 Å². The summed E-state index contributed by atoms with van der Waals surface area (Å²) in [6, 6.07) is 10.5. The van der Waals surface area contributed by atoms with Crippen LogP contribution in [0.2, 0.25) is 0 Å². The Morgan fingerprint density at radius 3 is 2.43 bits per heavy atom. The van der Waals surface area contributed by atoms with Crippen molar-refractivity contribution in [1.29, 1.82) is 0 Å². The molecular formula is C19H30N3O+. The Balaban J connectivity index is 1.63. The number of hydrogen-bond donors (Lipinski definition) is 2. The molecule has 23 heavy (non-hydrogen) atoms. The summed E-state index contributed by atoms with van der Waals surface area (Å²) in [7, 11) is 2.40. The number of nitrogens with zero attached hydrogens (tertiary/aromatic N) is 1. The van der Waals surface area contributed by atoms with E-state index in [0.29, 0.717) is 12.1 Å². The molecule has 2 amide bonds. The number of carbonyl (C=O) groups is 1. The molecule has 1 aliphatic carbocycles. The number of benzene rings is 1. The van der Waals surface area contributed by atoms with E-state index in [9.17, 15) is 4.79 Å². The summed E-state index contributed by atoms with van der Waals surface area (Å²) in [6.45, 7) is 2.53. The van der Waals surface area contributed by atoms with Gasteiger partial charge in [-0.25, -0.2) is 4.79 Å². The molecule has 1 aromatic carbocycles. The van der Waals surface area contributed by atoms with Gasteiger partial charge in [0.2, 0.25) is 0 Å². The Morgan fingerprint density at radius 1 is 1.00 bits per heavy atom. The van der Waals surface area contributed by atoms with Crippen LogP contribution in [0.25, 0.3) is 0 Å². The molecule has 0 spiro atoms. The van der Waals surface area contributed by atoms with Crippen molar-refractivity contribution in [2.45, 2.75) is 57.0 Å². The highest BCUT2D eigenvalue weighted by molar-refractivity contribution is 5.89. The zero-order chi connectivity index (χ0) is 16.1. The second kappa shape index (κ2) is 7.35. The zero-order valence-corrected chi connectivity index (χ0v) is 14.3. The van der Waals surface area contributed by atoms with E-state index in [2.05, 4.69) is 17.7 Å². The average molecular weight is 316 g/mol. The van der Waals surface area contributed by atoms with E-state index in [1.165, 1.54) is 51.6 Å². The van der Waals surface area contributed by atoms with Crippen LogP contribution in [0.4, 0.5) is 10.5 Å². The van der Waals surface area contributed by atoms with Crippen LogP contribution in [-0.2, 0) is 0 Å². The summed E-state index contributed by atoms with van der Waals surface area (Å²) in [6.07, 6.45) is 8.91. The predicted molar refractivity (Wildman–Crippen MR) is 94.4 cm³/mol. The summed E-state index contributed by atoms with van der Waals surface area (Å²) < 4.78 is 1.15. The van der Waals surface area contributed by atoms with Crippen LogP contribution < -0.4 is 10.6 Å². The molecule has 2 aliphatic rings. The van der Waals surface area contributed by atoms with Crippen molar-refractivity contribution in [2.24, 2.45) is 0 Å². The molecule has 4 heteroatoms. The number of nitrogens with one attached hydrogen (secondary N) is 2. The highest BCUT2D eigenvalue weighted by Gasteiger charge is 2.41. The molecule has 4 nitrogen and oxygen atoms in total. The molecule has 0 aromatic heterocycles. The first-order chi connectivity index (χ1) is 11.2. The fourth-order valence-electron chi connectivity index (χ4n) is 4.45. The monoisotopic (exact) mass is 316 g/mol. The second-order valence-electron chi connectivity index (χ2n) is 7.41. The maximum atomic E-state index is 12.4. The van der Waals surface area contributed by atoms with Gasteiger partial charge in [0.25, 0.3) is 0 Å². The van der Waals surface area contributed by atoms with Crippen LogP contribution in [0.5, 0.6) is 0 Å². The smallest absolute Gasteiger partial charge is 0.319 e. The molecular weight excluding hydrogens is 286 g/mol. The van der Waals surface area contributed by atoms with Crippen LogP contribution >= 0.6 is 0 Å². The molecule has 2 atom stereocenters. The van der Waals surface area contributed by atoms with Crippen molar-refractivity contribution >= 4 is 11.7 Å². The lowest BCUT2D eigenvalue weighted by Crippen LogP contribution is -2.64. The second-order valence-corrected chi connectivity index (χ2v) is 7.41. The lowest BCUT2D eigenvalue weighted by molar-refractivity contribution is -0.939. The SMILES string of the molecule is C[N+]1([C@@H]2CCCC[C@H]2NC(=O)Nc2ccccc2)CCCCC1. The molecule has 2 fully saturated rings. The number of quaternary nitrogens is 1. The minimum absolute atomic E-state index is 0.0586. The number of anilines is 1. The molecule has 1 aromatic rings. The number of likely N-dealkylation sites (tertiary alicyclic amines) is 1. The van der Waals surface area contributed by atoms with Gasteiger partial charge in [0.05, 0.1) is 26.2 Å². The highest BCUT2D eigenvalue weighted by Crippen LogP contribution is 2.31. The van der Waals surface area contributed by atoms with Crippen molar-refractivity contribution in [3.63, 3.8) is 0 Å². The molecule has 2 N–H and O–H groups in total. The lowest BCUT2D eigenvalue weighted by atomic mass is 9.86. The number of urea groups is 1. The maximum absolute atomic E-state index is 12.4. The molecule has 0 radical (unpaired) electrons. The Morgan fingerprint density at radius 2 is 1.70 bits per heavy atom. The quantitative estimate of drug-likeness (QED) is 0.819. The molecule has 0 unspecified atom stereocenters. The van der Waals surface area contributed by atoms with Gasteiger partial charge in [-0.1, -0.05) is 24.6 Å². The van der Waals surface area contributed by atoms with Crippen molar-refractivity contribution in [3.05, 3.63) is 30.3 Å².